The van der Waals surface area contributed by atoms with E-state index in [1.54, 1.807) is 6.92 Å². The Morgan fingerprint density at radius 1 is 1.12 bits per heavy atom. The van der Waals surface area contributed by atoms with Crippen LogP contribution in [0.1, 0.15) is 32.3 Å². The molecule has 16 heavy (non-hydrogen) atoms. The molecular formula is C12H16F3N. The minimum atomic E-state index is -1.40. The number of hydrogen-bond acceptors (Lipinski definition) is 1. The number of likely N-dealkylation sites (N-methyl/N-ethyl adjacent to an activating group) is 1. The SMILES string of the molecule is CCNC(C)C(C)c1ccc(F)c(F)c1F. The van der Waals surface area contributed by atoms with Gasteiger partial charge in [0.05, 0.1) is 0 Å². The van der Waals surface area contributed by atoms with E-state index in [0.29, 0.717) is 0 Å². The van der Waals surface area contributed by atoms with E-state index in [9.17, 15) is 13.2 Å². The van der Waals surface area contributed by atoms with Crippen LogP contribution in [-0.2, 0) is 0 Å². The van der Waals surface area contributed by atoms with Gasteiger partial charge in [0.1, 0.15) is 0 Å². The molecule has 0 radical (unpaired) electrons. The fourth-order valence-electron chi connectivity index (χ4n) is 1.66. The topological polar surface area (TPSA) is 12.0 Å². The lowest BCUT2D eigenvalue weighted by atomic mass is 9.93. The van der Waals surface area contributed by atoms with E-state index in [-0.39, 0.29) is 17.5 Å². The molecule has 2 atom stereocenters. The van der Waals surface area contributed by atoms with Crippen molar-refractivity contribution >= 4 is 0 Å². The Kier molecular flexibility index (Phi) is 4.35. The molecule has 4 heteroatoms. The Hall–Kier alpha value is -1.03. The molecule has 0 aliphatic heterocycles. The molecule has 0 saturated carbocycles. The van der Waals surface area contributed by atoms with Gasteiger partial charge in [-0.1, -0.05) is 19.9 Å². The van der Waals surface area contributed by atoms with Gasteiger partial charge in [-0.25, -0.2) is 13.2 Å². The number of rotatable bonds is 4. The second kappa shape index (κ2) is 5.34. The number of hydrogen-bond donors (Lipinski definition) is 1. The summed E-state index contributed by atoms with van der Waals surface area (Å²) in [7, 11) is 0. The van der Waals surface area contributed by atoms with Gasteiger partial charge in [0.15, 0.2) is 17.5 Å². The van der Waals surface area contributed by atoms with Crippen molar-refractivity contribution in [3.63, 3.8) is 0 Å². The van der Waals surface area contributed by atoms with Crippen LogP contribution < -0.4 is 5.32 Å². The Bertz CT molecular complexity index is 366. The lowest BCUT2D eigenvalue weighted by Gasteiger charge is -2.21. The largest absolute Gasteiger partial charge is 0.314 e. The molecule has 0 aliphatic rings. The van der Waals surface area contributed by atoms with Crippen LogP contribution in [0.5, 0.6) is 0 Å². The van der Waals surface area contributed by atoms with Crippen molar-refractivity contribution in [2.75, 3.05) is 6.54 Å². The standard InChI is InChI=1S/C12H16F3N/c1-4-16-8(3)7(2)9-5-6-10(13)12(15)11(9)14/h5-8,16H,4H2,1-3H3. The number of nitrogens with one attached hydrogen (secondary N) is 1. The van der Waals surface area contributed by atoms with Gasteiger partial charge in [-0.05, 0) is 31.0 Å². The zero-order valence-electron chi connectivity index (χ0n) is 9.65. The molecule has 0 saturated heterocycles. The molecule has 1 N–H and O–H groups in total. The highest BCUT2D eigenvalue weighted by atomic mass is 19.2. The van der Waals surface area contributed by atoms with Crippen LogP contribution in [0.15, 0.2) is 12.1 Å². The van der Waals surface area contributed by atoms with Crippen LogP contribution in [0.2, 0.25) is 0 Å². The summed E-state index contributed by atoms with van der Waals surface area (Å²) in [6, 6.07) is 2.26. The molecule has 0 spiro atoms. The summed E-state index contributed by atoms with van der Waals surface area (Å²) >= 11 is 0. The van der Waals surface area contributed by atoms with Crippen molar-refractivity contribution in [2.24, 2.45) is 0 Å². The van der Waals surface area contributed by atoms with Gasteiger partial charge in [0.2, 0.25) is 0 Å². The van der Waals surface area contributed by atoms with Gasteiger partial charge in [0, 0.05) is 6.04 Å². The fraction of sp³-hybridized carbons (Fsp3) is 0.500. The minimum Gasteiger partial charge on any atom is -0.314 e. The van der Waals surface area contributed by atoms with Crippen LogP contribution in [0, 0.1) is 17.5 Å². The highest BCUT2D eigenvalue weighted by Crippen LogP contribution is 2.25. The molecular weight excluding hydrogens is 215 g/mol. The number of benzene rings is 1. The Labute approximate surface area is 93.7 Å². The lowest BCUT2D eigenvalue weighted by molar-refractivity contribution is 0.421. The third-order valence-electron chi connectivity index (χ3n) is 2.83. The zero-order valence-corrected chi connectivity index (χ0v) is 9.65. The van der Waals surface area contributed by atoms with Crippen LogP contribution in [-0.4, -0.2) is 12.6 Å². The second-order valence-corrected chi connectivity index (χ2v) is 3.90. The summed E-state index contributed by atoms with van der Waals surface area (Å²) in [5.41, 5.74) is 0.201. The third kappa shape index (κ3) is 2.55. The van der Waals surface area contributed by atoms with Crippen LogP contribution >= 0.6 is 0 Å². The Morgan fingerprint density at radius 2 is 1.75 bits per heavy atom. The van der Waals surface area contributed by atoms with Gasteiger partial charge in [0.25, 0.3) is 0 Å². The van der Waals surface area contributed by atoms with Crippen molar-refractivity contribution in [3.8, 4) is 0 Å². The molecule has 2 unspecified atom stereocenters. The van der Waals surface area contributed by atoms with E-state index < -0.39 is 17.5 Å². The van der Waals surface area contributed by atoms with E-state index in [0.717, 1.165) is 12.6 Å². The zero-order chi connectivity index (χ0) is 12.3. The average Bonchev–Trinajstić information content (AvgIpc) is 2.26. The summed E-state index contributed by atoms with van der Waals surface area (Å²) in [6.45, 7) is 6.35. The van der Waals surface area contributed by atoms with Crippen molar-refractivity contribution in [1.82, 2.24) is 5.32 Å². The first-order valence-electron chi connectivity index (χ1n) is 5.35. The normalized spacial score (nSPS) is 14.9. The first-order chi connectivity index (χ1) is 7.49. The molecule has 0 fully saturated rings. The molecule has 0 bridgehead atoms. The fourth-order valence-corrected chi connectivity index (χ4v) is 1.66. The molecule has 1 nitrogen and oxygen atoms in total. The van der Waals surface area contributed by atoms with Gasteiger partial charge < -0.3 is 5.32 Å². The first-order valence-corrected chi connectivity index (χ1v) is 5.35. The van der Waals surface area contributed by atoms with E-state index in [4.69, 9.17) is 0 Å². The summed E-state index contributed by atoms with van der Waals surface area (Å²) in [4.78, 5) is 0. The first kappa shape index (κ1) is 13.0. The molecule has 0 aromatic heterocycles. The average molecular weight is 231 g/mol. The molecule has 1 aromatic rings. The molecule has 1 aromatic carbocycles. The van der Waals surface area contributed by atoms with E-state index in [1.165, 1.54) is 6.07 Å². The van der Waals surface area contributed by atoms with Crippen molar-refractivity contribution in [1.29, 1.82) is 0 Å². The van der Waals surface area contributed by atoms with Gasteiger partial charge >= 0.3 is 0 Å². The van der Waals surface area contributed by atoms with E-state index >= 15 is 0 Å². The minimum absolute atomic E-state index is 0.00404. The maximum Gasteiger partial charge on any atom is 0.194 e. The van der Waals surface area contributed by atoms with Gasteiger partial charge in [-0.3, -0.25) is 0 Å². The second-order valence-electron chi connectivity index (χ2n) is 3.90. The summed E-state index contributed by atoms with van der Waals surface area (Å²) in [5, 5.41) is 3.12. The van der Waals surface area contributed by atoms with Crippen molar-refractivity contribution in [2.45, 2.75) is 32.7 Å². The monoisotopic (exact) mass is 231 g/mol. The van der Waals surface area contributed by atoms with Crippen LogP contribution in [0.4, 0.5) is 13.2 Å². The molecule has 0 aliphatic carbocycles. The highest BCUT2D eigenvalue weighted by Gasteiger charge is 2.21. The lowest BCUT2D eigenvalue weighted by Crippen LogP contribution is -2.31. The van der Waals surface area contributed by atoms with Crippen LogP contribution in [0.3, 0.4) is 0 Å². The summed E-state index contributed by atoms with van der Waals surface area (Å²) in [5.74, 6) is -3.84. The smallest absolute Gasteiger partial charge is 0.194 e. The Balaban J connectivity index is 3.00. The molecule has 0 heterocycles. The predicted molar refractivity (Wildman–Crippen MR) is 57.9 cm³/mol. The van der Waals surface area contributed by atoms with Gasteiger partial charge in [-0.15, -0.1) is 0 Å². The quantitative estimate of drug-likeness (QED) is 0.785. The predicted octanol–water partition coefficient (Wildman–Crippen LogP) is 3.21. The highest BCUT2D eigenvalue weighted by molar-refractivity contribution is 5.24. The molecule has 90 valence electrons. The third-order valence-corrected chi connectivity index (χ3v) is 2.83. The maximum absolute atomic E-state index is 13.5. The summed E-state index contributed by atoms with van der Waals surface area (Å²) < 4.78 is 39.2. The number of halogens is 3. The van der Waals surface area contributed by atoms with E-state index in [1.807, 2.05) is 13.8 Å². The summed E-state index contributed by atoms with van der Waals surface area (Å²) in [6.07, 6.45) is 0. The van der Waals surface area contributed by atoms with Crippen molar-refractivity contribution < 1.29 is 13.2 Å². The van der Waals surface area contributed by atoms with Crippen molar-refractivity contribution in [3.05, 3.63) is 35.1 Å². The van der Waals surface area contributed by atoms with Crippen LogP contribution in [0.25, 0.3) is 0 Å². The Morgan fingerprint density at radius 3 is 2.31 bits per heavy atom. The molecule has 1 rings (SSSR count). The van der Waals surface area contributed by atoms with Gasteiger partial charge in [-0.2, -0.15) is 0 Å². The van der Waals surface area contributed by atoms with E-state index in [2.05, 4.69) is 5.32 Å². The maximum atomic E-state index is 13.5. The molecule has 0 amide bonds.